The molecule has 1 aromatic carbocycles. The van der Waals surface area contributed by atoms with Gasteiger partial charge in [0.05, 0.1) is 5.75 Å². The quantitative estimate of drug-likeness (QED) is 0.324. The number of benzene rings is 1. The Bertz CT molecular complexity index is 1050. The zero-order valence-corrected chi connectivity index (χ0v) is 20.0. The second kappa shape index (κ2) is 10.6. The number of amides is 1. The van der Waals surface area contributed by atoms with Gasteiger partial charge in [0, 0.05) is 17.2 Å². The number of halogens is 1. The molecule has 0 bridgehead atoms. The highest BCUT2D eigenvalue weighted by Gasteiger charge is 2.20. The summed E-state index contributed by atoms with van der Waals surface area (Å²) in [4.78, 5) is 16.4. The Hall–Kier alpha value is -2.65. The van der Waals surface area contributed by atoms with E-state index in [1.165, 1.54) is 11.8 Å². The minimum absolute atomic E-state index is 0.172. The van der Waals surface area contributed by atoms with E-state index in [0.717, 1.165) is 21.3 Å². The number of hydrogen-bond donors (Lipinski definition) is 1. The Kier molecular flexibility index (Phi) is 7.86. The normalized spacial score (nSPS) is 11.7. The fourth-order valence-electron chi connectivity index (χ4n) is 3.02. The maximum Gasteiger partial charge on any atom is 0.236 e. The number of nitrogens with zero attached hydrogens (tertiary/aromatic N) is 4. The SMILES string of the molecule is C=CCn1c(SCC(=O)Nc2ccc(Br)cn2)nnc1C(C)Oc1cc(C)cc(C)c1. The molecular formula is C22H24BrN5O2S. The van der Waals surface area contributed by atoms with Crippen molar-refractivity contribution in [2.75, 3.05) is 11.1 Å². The molecule has 0 aliphatic rings. The Morgan fingerprint density at radius 1 is 1.29 bits per heavy atom. The van der Waals surface area contributed by atoms with E-state index >= 15 is 0 Å². The number of ether oxygens (including phenoxy) is 1. The van der Waals surface area contributed by atoms with E-state index in [9.17, 15) is 4.79 Å². The molecule has 1 unspecified atom stereocenters. The van der Waals surface area contributed by atoms with Crippen LogP contribution in [0.3, 0.4) is 0 Å². The molecule has 2 aromatic heterocycles. The van der Waals surface area contributed by atoms with Crippen LogP contribution in [0.15, 0.2) is 58.8 Å². The molecule has 0 spiro atoms. The van der Waals surface area contributed by atoms with Crippen LogP contribution in [0.2, 0.25) is 0 Å². The lowest BCUT2D eigenvalue weighted by molar-refractivity contribution is -0.113. The Morgan fingerprint density at radius 2 is 2.03 bits per heavy atom. The van der Waals surface area contributed by atoms with Crippen LogP contribution in [0.25, 0.3) is 0 Å². The molecule has 0 aliphatic heterocycles. The summed E-state index contributed by atoms with van der Waals surface area (Å²) in [6, 6.07) is 9.64. The van der Waals surface area contributed by atoms with Gasteiger partial charge in [-0.05, 0) is 72.1 Å². The molecule has 7 nitrogen and oxygen atoms in total. The molecule has 0 saturated heterocycles. The van der Waals surface area contributed by atoms with E-state index in [1.807, 2.05) is 43.5 Å². The van der Waals surface area contributed by atoms with Gasteiger partial charge in [-0.15, -0.1) is 16.8 Å². The lowest BCUT2D eigenvalue weighted by Crippen LogP contribution is -2.16. The summed E-state index contributed by atoms with van der Waals surface area (Å²) < 4.78 is 8.88. The van der Waals surface area contributed by atoms with Gasteiger partial charge >= 0.3 is 0 Å². The highest BCUT2D eigenvalue weighted by molar-refractivity contribution is 9.10. The van der Waals surface area contributed by atoms with E-state index in [1.54, 1.807) is 18.3 Å². The molecular weight excluding hydrogens is 478 g/mol. The Morgan fingerprint density at radius 3 is 2.68 bits per heavy atom. The number of pyridine rings is 1. The van der Waals surface area contributed by atoms with Crippen molar-refractivity contribution in [2.45, 2.75) is 38.6 Å². The van der Waals surface area contributed by atoms with Crippen molar-refractivity contribution in [1.29, 1.82) is 0 Å². The van der Waals surface area contributed by atoms with Crippen molar-refractivity contribution >= 4 is 39.4 Å². The van der Waals surface area contributed by atoms with Crippen LogP contribution in [-0.4, -0.2) is 31.4 Å². The maximum absolute atomic E-state index is 12.3. The number of allylic oxidation sites excluding steroid dienone is 1. The number of rotatable bonds is 9. The number of nitrogens with one attached hydrogen (secondary N) is 1. The standard InChI is InChI=1S/C22H24BrN5O2S/c1-5-8-28-21(16(4)30-18-10-14(2)9-15(3)11-18)26-27-22(28)31-13-20(29)25-19-7-6-17(23)12-24-19/h5-7,9-12,16H,1,8,13H2,2-4H3,(H,24,25,29). The topological polar surface area (TPSA) is 81.9 Å². The van der Waals surface area contributed by atoms with E-state index < -0.39 is 0 Å². The molecule has 2 heterocycles. The highest BCUT2D eigenvalue weighted by Crippen LogP contribution is 2.26. The number of anilines is 1. The monoisotopic (exact) mass is 501 g/mol. The van der Waals surface area contributed by atoms with Crippen molar-refractivity contribution in [2.24, 2.45) is 0 Å². The number of aromatic nitrogens is 4. The summed E-state index contributed by atoms with van der Waals surface area (Å²) in [5.41, 5.74) is 2.27. The molecule has 0 aliphatic carbocycles. The first-order valence-electron chi connectivity index (χ1n) is 9.69. The summed E-state index contributed by atoms with van der Waals surface area (Å²) in [6.07, 6.45) is 3.09. The number of thioether (sulfide) groups is 1. The molecule has 162 valence electrons. The predicted octanol–water partition coefficient (Wildman–Crippen LogP) is 5.11. The molecule has 9 heteroatoms. The van der Waals surface area contributed by atoms with Crippen LogP contribution in [-0.2, 0) is 11.3 Å². The highest BCUT2D eigenvalue weighted by atomic mass is 79.9. The first-order chi connectivity index (χ1) is 14.9. The third-order valence-electron chi connectivity index (χ3n) is 4.26. The average molecular weight is 502 g/mol. The van der Waals surface area contributed by atoms with Crippen molar-refractivity contribution in [3.8, 4) is 5.75 Å². The molecule has 31 heavy (non-hydrogen) atoms. The molecule has 0 fully saturated rings. The summed E-state index contributed by atoms with van der Waals surface area (Å²) in [6.45, 7) is 10.3. The van der Waals surface area contributed by atoms with Crippen LogP contribution in [0.5, 0.6) is 5.75 Å². The Labute approximate surface area is 194 Å². The largest absolute Gasteiger partial charge is 0.483 e. The van der Waals surface area contributed by atoms with Gasteiger partial charge in [0.25, 0.3) is 0 Å². The Balaban J connectivity index is 1.68. The van der Waals surface area contributed by atoms with E-state index in [2.05, 4.69) is 49.1 Å². The van der Waals surface area contributed by atoms with E-state index in [-0.39, 0.29) is 17.8 Å². The zero-order chi connectivity index (χ0) is 22.4. The minimum Gasteiger partial charge on any atom is -0.483 e. The summed E-state index contributed by atoms with van der Waals surface area (Å²) in [5, 5.41) is 12.0. The molecule has 3 rings (SSSR count). The molecule has 1 atom stereocenters. The molecule has 0 radical (unpaired) electrons. The fraction of sp³-hybridized carbons (Fsp3) is 0.273. The molecule has 0 saturated carbocycles. The maximum atomic E-state index is 12.3. The van der Waals surface area contributed by atoms with Crippen LogP contribution >= 0.6 is 27.7 Å². The lowest BCUT2D eigenvalue weighted by Gasteiger charge is -2.16. The number of aryl methyl sites for hydroxylation is 2. The number of hydrogen-bond acceptors (Lipinski definition) is 6. The minimum atomic E-state index is -0.316. The van der Waals surface area contributed by atoms with E-state index in [4.69, 9.17) is 4.74 Å². The van der Waals surface area contributed by atoms with Gasteiger partial charge in [0.1, 0.15) is 11.6 Å². The third-order valence-corrected chi connectivity index (χ3v) is 5.69. The number of carbonyl (C=O) groups excluding carboxylic acids is 1. The van der Waals surface area contributed by atoms with Gasteiger partial charge < -0.3 is 10.1 Å². The van der Waals surface area contributed by atoms with Gasteiger partial charge in [-0.2, -0.15) is 0 Å². The van der Waals surface area contributed by atoms with Gasteiger partial charge in [-0.1, -0.05) is 23.9 Å². The summed E-state index contributed by atoms with van der Waals surface area (Å²) in [5.74, 6) is 1.97. The summed E-state index contributed by atoms with van der Waals surface area (Å²) in [7, 11) is 0. The van der Waals surface area contributed by atoms with E-state index in [0.29, 0.717) is 23.3 Å². The molecule has 3 aromatic rings. The van der Waals surface area contributed by atoms with Gasteiger partial charge in [-0.25, -0.2) is 4.98 Å². The first kappa shape index (κ1) is 23.0. The lowest BCUT2D eigenvalue weighted by atomic mass is 10.1. The first-order valence-corrected chi connectivity index (χ1v) is 11.5. The average Bonchev–Trinajstić information content (AvgIpc) is 3.10. The van der Waals surface area contributed by atoms with Crippen molar-refractivity contribution in [3.05, 3.63) is 70.6 Å². The fourth-order valence-corrected chi connectivity index (χ4v) is 4.01. The van der Waals surface area contributed by atoms with Crippen LogP contribution in [0.1, 0.15) is 30.0 Å². The molecule has 1 N–H and O–H groups in total. The second-order valence-electron chi connectivity index (χ2n) is 7.02. The second-order valence-corrected chi connectivity index (χ2v) is 8.88. The van der Waals surface area contributed by atoms with Gasteiger partial charge in [0.15, 0.2) is 17.1 Å². The van der Waals surface area contributed by atoms with Crippen LogP contribution in [0, 0.1) is 13.8 Å². The molecule has 1 amide bonds. The van der Waals surface area contributed by atoms with Crippen LogP contribution < -0.4 is 10.1 Å². The van der Waals surface area contributed by atoms with Crippen molar-refractivity contribution in [1.82, 2.24) is 19.7 Å². The van der Waals surface area contributed by atoms with Crippen molar-refractivity contribution < 1.29 is 9.53 Å². The zero-order valence-electron chi connectivity index (χ0n) is 17.6. The van der Waals surface area contributed by atoms with Gasteiger partial charge in [0.2, 0.25) is 5.91 Å². The van der Waals surface area contributed by atoms with Crippen molar-refractivity contribution in [3.63, 3.8) is 0 Å². The van der Waals surface area contributed by atoms with Crippen LogP contribution in [0.4, 0.5) is 5.82 Å². The third kappa shape index (κ3) is 6.41. The van der Waals surface area contributed by atoms with Gasteiger partial charge in [-0.3, -0.25) is 9.36 Å². The number of carbonyl (C=O) groups is 1. The summed E-state index contributed by atoms with van der Waals surface area (Å²) >= 11 is 4.63. The smallest absolute Gasteiger partial charge is 0.236 e. The predicted molar refractivity (Wildman–Crippen MR) is 126 cm³/mol.